The van der Waals surface area contributed by atoms with Gasteiger partial charge in [0.1, 0.15) is 0 Å². The molecule has 0 saturated carbocycles. The highest BCUT2D eigenvalue weighted by atomic mass is 32.1. The van der Waals surface area contributed by atoms with E-state index in [0.29, 0.717) is 23.5 Å². The van der Waals surface area contributed by atoms with Crippen molar-refractivity contribution >= 4 is 11.3 Å². The number of nitrogens with one attached hydrogen (secondary N) is 1. The molecule has 84 valence electrons. The van der Waals surface area contributed by atoms with E-state index in [4.69, 9.17) is 5.11 Å². The molecule has 16 heavy (non-hydrogen) atoms. The lowest BCUT2D eigenvalue weighted by Gasteiger charge is -2.04. The standard InChI is InChI=1S/C10H11N3O2S/c1-6-7(2-3-14)10(15)13-9(12-6)8-4-11-5-16-8/h4-5,14H,2-3H2,1H3,(H,12,13,15). The van der Waals surface area contributed by atoms with Crippen LogP contribution in [-0.2, 0) is 6.42 Å². The minimum atomic E-state index is -0.190. The number of thiazole rings is 1. The number of aromatic nitrogens is 3. The van der Waals surface area contributed by atoms with Crippen molar-refractivity contribution in [3.8, 4) is 10.7 Å². The molecule has 0 amide bonds. The molecule has 0 saturated heterocycles. The van der Waals surface area contributed by atoms with Crippen molar-refractivity contribution in [2.45, 2.75) is 13.3 Å². The Labute approximate surface area is 95.8 Å². The molecule has 0 fully saturated rings. The Hall–Kier alpha value is -1.53. The molecule has 0 bridgehead atoms. The Morgan fingerprint density at radius 3 is 2.94 bits per heavy atom. The molecule has 0 radical (unpaired) electrons. The van der Waals surface area contributed by atoms with Gasteiger partial charge in [-0.2, -0.15) is 0 Å². The molecule has 2 aromatic heterocycles. The fraction of sp³-hybridized carbons (Fsp3) is 0.300. The molecule has 0 aliphatic carbocycles. The van der Waals surface area contributed by atoms with Crippen molar-refractivity contribution in [2.24, 2.45) is 0 Å². The summed E-state index contributed by atoms with van der Waals surface area (Å²) in [6, 6.07) is 0. The third-order valence-corrected chi connectivity index (χ3v) is 3.03. The zero-order valence-electron chi connectivity index (χ0n) is 8.73. The van der Waals surface area contributed by atoms with E-state index >= 15 is 0 Å². The second-order valence-electron chi connectivity index (χ2n) is 3.32. The van der Waals surface area contributed by atoms with Gasteiger partial charge in [-0.15, -0.1) is 11.3 Å². The summed E-state index contributed by atoms with van der Waals surface area (Å²) in [6.07, 6.45) is 1.99. The molecule has 2 rings (SSSR count). The van der Waals surface area contributed by atoms with Crippen LogP contribution in [0, 0.1) is 6.92 Å². The largest absolute Gasteiger partial charge is 0.396 e. The first-order valence-electron chi connectivity index (χ1n) is 4.82. The van der Waals surface area contributed by atoms with Gasteiger partial charge in [-0.05, 0) is 6.92 Å². The molecule has 5 nitrogen and oxygen atoms in total. The Kier molecular flexibility index (Phi) is 3.12. The van der Waals surface area contributed by atoms with E-state index in [1.54, 1.807) is 18.6 Å². The number of aliphatic hydroxyl groups excluding tert-OH is 1. The lowest BCUT2D eigenvalue weighted by Crippen LogP contribution is -2.18. The van der Waals surface area contributed by atoms with Gasteiger partial charge in [-0.1, -0.05) is 0 Å². The topological polar surface area (TPSA) is 78.9 Å². The summed E-state index contributed by atoms with van der Waals surface area (Å²) in [4.78, 5) is 23.5. The fourth-order valence-electron chi connectivity index (χ4n) is 1.47. The number of nitrogens with zero attached hydrogens (tertiary/aromatic N) is 2. The summed E-state index contributed by atoms with van der Waals surface area (Å²) in [5.41, 5.74) is 2.69. The maximum absolute atomic E-state index is 11.7. The molecule has 0 atom stereocenters. The van der Waals surface area contributed by atoms with Crippen molar-refractivity contribution in [1.29, 1.82) is 0 Å². The average molecular weight is 237 g/mol. The highest BCUT2D eigenvalue weighted by Crippen LogP contribution is 2.18. The van der Waals surface area contributed by atoms with Crippen LogP contribution >= 0.6 is 11.3 Å². The van der Waals surface area contributed by atoms with E-state index in [1.807, 2.05) is 0 Å². The van der Waals surface area contributed by atoms with E-state index in [1.165, 1.54) is 11.3 Å². The van der Waals surface area contributed by atoms with E-state index in [0.717, 1.165) is 4.88 Å². The zero-order valence-corrected chi connectivity index (χ0v) is 9.54. The van der Waals surface area contributed by atoms with Crippen LogP contribution < -0.4 is 5.56 Å². The van der Waals surface area contributed by atoms with Crippen LogP contribution in [0.5, 0.6) is 0 Å². The summed E-state index contributed by atoms with van der Waals surface area (Å²) in [6.45, 7) is 1.72. The zero-order chi connectivity index (χ0) is 11.5. The maximum atomic E-state index is 11.7. The van der Waals surface area contributed by atoms with Crippen molar-refractivity contribution < 1.29 is 5.11 Å². The first kappa shape index (κ1) is 11.0. The quantitative estimate of drug-likeness (QED) is 0.825. The number of aryl methyl sites for hydroxylation is 1. The number of hydrogen-bond acceptors (Lipinski definition) is 5. The normalized spacial score (nSPS) is 10.6. The molecular weight excluding hydrogens is 226 g/mol. The number of aliphatic hydroxyl groups is 1. The van der Waals surface area contributed by atoms with Gasteiger partial charge in [0.2, 0.25) is 0 Å². The molecule has 2 aromatic rings. The van der Waals surface area contributed by atoms with Crippen molar-refractivity contribution in [2.75, 3.05) is 6.61 Å². The average Bonchev–Trinajstić information content (AvgIpc) is 2.76. The van der Waals surface area contributed by atoms with Gasteiger partial charge in [0.15, 0.2) is 5.82 Å². The van der Waals surface area contributed by atoms with Gasteiger partial charge in [-0.3, -0.25) is 9.78 Å². The van der Waals surface area contributed by atoms with Crippen molar-refractivity contribution in [1.82, 2.24) is 15.0 Å². The second kappa shape index (κ2) is 4.54. The molecule has 6 heteroatoms. The van der Waals surface area contributed by atoms with E-state index in [9.17, 15) is 4.79 Å². The Morgan fingerprint density at radius 1 is 1.56 bits per heavy atom. The summed E-state index contributed by atoms with van der Waals surface area (Å²) in [5.74, 6) is 0.534. The van der Waals surface area contributed by atoms with Crippen LogP contribution in [0.15, 0.2) is 16.5 Å². The van der Waals surface area contributed by atoms with Gasteiger partial charge >= 0.3 is 0 Å². The van der Waals surface area contributed by atoms with Gasteiger partial charge in [0, 0.05) is 30.5 Å². The monoisotopic (exact) mass is 237 g/mol. The van der Waals surface area contributed by atoms with Crippen LogP contribution in [-0.4, -0.2) is 26.7 Å². The minimum absolute atomic E-state index is 0.0501. The van der Waals surface area contributed by atoms with Crippen LogP contribution in [0.3, 0.4) is 0 Å². The molecule has 0 aliphatic heterocycles. The Morgan fingerprint density at radius 2 is 2.38 bits per heavy atom. The first-order valence-corrected chi connectivity index (χ1v) is 5.70. The SMILES string of the molecule is Cc1nc(-c2cncs2)[nH]c(=O)c1CCO. The minimum Gasteiger partial charge on any atom is -0.396 e. The van der Waals surface area contributed by atoms with Gasteiger partial charge < -0.3 is 10.1 Å². The third kappa shape index (κ3) is 2.02. The number of rotatable bonds is 3. The highest BCUT2D eigenvalue weighted by Gasteiger charge is 2.09. The fourth-order valence-corrected chi connectivity index (χ4v) is 2.03. The molecular formula is C10H11N3O2S. The maximum Gasteiger partial charge on any atom is 0.254 e. The molecule has 0 spiro atoms. The molecule has 0 unspecified atom stereocenters. The third-order valence-electron chi connectivity index (χ3n) is 2.25. The summed E-state index contributed by atoms with van der Waals surface area (Å²) >= 11 is 1.42. The van der Waals surface area contributed by atoms with Crippen molar-refractivity contribution in [3.05, 3.63) is 33.3 Å². The predicted molar refractivity (Wildman–Crippen MR) is 61.5 cm³/mol. The smallest absolute Gasteiger partial charge is 0.254 e. The predicted octanol–water partition coefficient (Wildman–Crippen LogP) is 0.737. The number of aromatic amines is 1. The summed E-state index contributed by atoms with van der Waals surface area (Å²) < 4.78 is 0. The van der Waals surface area contributed by atoms with E-state index < -0.39 is 0 Å². The van der Waals surface area contributed by atoms with Crippen LogP contribution in [0.2, 0.25) is 0 Å². The Balaban J connectivity index is 2.49. The van der Waals surface area contributed by atoms with E-state index in [2.05, 4.69) is 15.0 Å². The number of H-pyrrole nitrogens is 1. The van der Waals surface area contributed by atoms with Gasteiger partial charge in [-0.25, -0.2) is 4.98 Å². The van der Waals surface area contributed by atoms with Crippen LogP contribution in [0.25, 0.3) is 10.7 Å². The Bertz CT molecular complexity index is 533. The highest BCUT2D eigenvalue weighted by molar-refractivity contribution is 7.13. The lowest BCUT2D eigenvalue weighted by atomic mass is 10.2. The van der Waals surface area contributed by atoms with Gasteiger partial charge in [0.25, 0.3) is 5.56 Å². The number of hydrogen-bond donors (Lipinski definition) is 2. The molecule has 0 aliphatic rings. The van der Waals surface area contributed by atoms with E-state index in [-0.39, 0.29) is 12.2 Å². The van der Waals surface area contributed by atoms with Gasteiger partial charge in [0.05, 0.1) is 10.4 Å². The molecule has 0 aromatic carbocycles. The summed E-state index contributed by atoms with van der Waals surface area (Å²) in [5, 5.41) is 8.83. The first-order chi connectivity index (χ1) is 7.72. The summed E-state index contributed by atoms with van der Waals surface area (Å²) in [7, 11) is 0. The van der Waals surface area contributed by atoms with Crippen molar-refractivity contribution in [3.63, 3.8) is 0 Å². The van der Waals surface area contributed by atoms with Crippen LogP contribution in [0.1, 0.15) is 11.3 Å². The second-order valence-corrected chi connectivity index (χ2v) is 4.20. The molecule has 2 heterocycles. The van der Waals surface area contributed by atoms with Crippen LogP contribution in [0.4, 0.5) is 0 Å². The lowest BCUT2D eigenvalue weighted by molar-refractivity contribution is 0.298. The molecule has 2 N–H and O–H groups in total.